The van der Waals surface area contributed by atoms with Crippen LogP contribution in [0.25, 0.3) is 17.2 Å². The topological polar surface area (TPSA) is 213 Å². The van der Waals surface area contributed by atoms with E-state index in [9.17, 15) is 30.0 Å². The highest BCUT2D eigenvalue weighted by atomic mass is 16.5. The molecule has 470 valence electrons. The summed E-state index contributed by atoms with van der Waals surface area (Å²) in [4.78, 5) is 30.3. The Balaban J connectivity index is 0.792. The molecule has 4 aromatic rings. The van der Waals surface area contributed by atoms with E-state index >= 15 is 0 Å². The summed E-state index contributed by atoms with van der Waals surface area (Å²) in [6, 6.07) is 16.7. The molecule has 14 rings (SSSR count). The third kappa shape index (κ3) is 10.00. The SMILES string of the molecule is CNCC1=CC(=O)N(C2([C@H]3CCC[C@]4([C@H](CO)COc5cc([C@@H]6COc7cc8c9c(c7[C@H]6O)CCc6c(OCCNC7CCCCC7)cc(O[C@]7%10CCCC[C@H]7CC[C@@H](C)N%10)c(c6-9)[C@@H](O)N8)cc(OC)c5O)c5ccccc5C=C[C@H]34)CCCCC2)C1=O. The van der Waals surface area contributed by atoms with Gasteiger partial charge >= 0.3 is 0 Å². The monoisotopic (exact) mass is 1200 g/mol. The van der Waals surface area contributed by atoms with Crippen LogP contribution in [0.4, 0.5) is 5.69 Å². The average molecular weight is 1200 g/mol. The molecular weight excluding hydrogens is 1110 g/mol. The minimum Gasteiger partial charge on any atom is -0.502 e. The standard InChI is InChI=1S/C72H91N5O11/c1-42-21-23-46-16-10-13-30-72(46,76-42)88-58-37-56(85-32-31-74-48-17-6-4-7-18-48)49-24-25-50-62-55(75-68(82)65(58)64(49)62)36-57-63(50)66(80)51(41-87-57)44-33-59(84-3)67(81)60(34-44)86-40-47(39-78)71-29-14-20-53(54(71)26-22-43-15-8-9-19-52(43)71)70(27-11-5-12-28-70)77-61(79)35-45(38-73-2)69(77)83/h8-9,15,19,22,26,33-37,42,46-48,51,53-54,66,68,73-76,78,80-82H,4-7,10-14,16-18,20-21,23-25,27-32,38-41H2,1-3H3/t42-,46+,47-,51+,53+,54-,66+,68-,71+,72-/m1/s1. The molecular formula is C72H91N5O11. The number of ether oxygens (including phenoxy) is 5. The van der Waals surface area contributed by atoms with Gasteiger partial charge in [-0.15, -0.1) is 0 Å². The lowest BCUT2D eigenvalue weighted by Crippen LogP contribution is -2.64. The molecule has 10 atom stereocenters. The number of hydrogen-bond acceptors (Lipinski definition) is 15. The normalized spacial score (nSPS) is 29.7. The first-order valence-corrected chi connectivity index (χ1v) is 33.5. The Labute approximate surface area is 518 Å². The van der Waals surface area contributed by atoms with Crippen LogP contribution in [-0.4, -0.2) is 114 Å². The molecule has 10 aliphatic rings. The molecule has 0 unspecified atom stereocenters. The number of aliphatic hydroxyl groups is 3. The minimum atomic E-state index is -1.08. The number of fused-ring (bicyclic) bond motifs is 6. The Kier molecular flexibility index (Phi) is 16.4. The van der Waals surface area contributed by atoms with E-state index in [1.54, 1.807) is 24.1 Å². The molecule has 4 saturated carbocycles. The number of likely N-dealkylation sites (N-methyl/N-ethyl adjacent to an activating group) is 1. The molecule has 4 heterocycles. The van der Waals surface area contributed by atoms with E-state index in [0.29, 0.717) is 71.7 Å². The van der Waals surface area contributed by atoms with Crippen molar-refractivity contribution in [3.63, 3.8) is 0 Å². The Hall–Kier alpha value is -6.14. The van der Waals surface area contributed by atoms with Gasteiger partial charge in [0.25, 0.3) is 11.8 Å². The second-order valence-corrected chi connectivity index (χ2v) is 27.5. The van der Waals surface area contributed by atoms with Crippen LogP contribution in [0.15, 0.2) is 66.3 Å². The van der Waals surface area contributed by atoms with Gasteiger partial charge in [0.15, 0.2) is 23.5 Å². The Bertz CT molecular complexity index is 3390. The molecule has 4 aliphatic heterocycles. The number of piperidine rings is 1. The summed E-state index contributed by atoms with van der Waals surface area (Å²) in [5, 5.41) is 63.6. The number of phenolic OH excluding ortho intramolecular Hbond substituents is 1. The fourth-order valence-electron chi connectivity index (χ4n) is 18.9. The first kappa shape index (κ1) is 59.5. The van der Waals surface area contributed by atoms with E-state index in [-0.39, 0.29) is 66.8 Å². The Morgan fingerprint density at radius 1 is 0.818 bits per heavy atom. The maximum absolute atomic E-state index is 14.4. The summed E-state index contributed by atoms with van der Waals surface area (Å²) in [6.45, 7) is 3.68. The number of amides is 2. The van der Waals surface area contributed by atoms with Crippen LogP contribution in [0.2, 0.25) is 0 Å². The average Bonchev–Trinajstić information content (AvgIpc) is 0.859. The predicted molar refractivity (Wildman–Crippen MR) is 337 cm³/mol. The van der Waals surface area contributed by atoms with Crippen molar-refractivity contribution in [1.82, 2.24) is 20.9 Å². The van der Waals surface area contributed by atoms with E-state index in [2.05, 4.69) is 58.5 Å². The minimum absolute atomic E-state index is 0.0270. The zero-order valence-corrected chi connectivity index (χ0v) is 51.7. The number of aromatic hydroxyl groups is 1. The summed E-state index contributed by atoms with van der Waals surface area (Å²) in [5.41, 5.74) is 7.23. The number of carbonyl (C=O) groups is 2. The lowest BCUT2D eigenvalue weighted by molar-refractivity contribution is -0.153. The largest absolute Gasteiger partial charge is 0.502 e. The Morgan fingerprint density at radius 3 is 2.42 bits per heavy atom. The van der Waals surface area contributed by atoms with E-state index in [1.165, 1.54) is 51.7 Å². The van der Waals surface area contributed by atoms with Crippen LogP contribution >= 0.6 is 0 Å². The highest BCUT2D eigenvalue weighted by Crippen LogP contribution is 2.62. The van der Waals surface area contributed by atoms with Gasteiger partial charge < -0.3 is 60.1 Å². The fourth-order valence-corrected chi connectivity index (χ4v) is 18.9. The molecule has 4 aromatic carbocycles. The van der Waals surface area contributed by atoms with Crippen LogP contribution in [0.1, 0.15) is 186 Å². The number of carbonyl (C=O) groups excluding carboxylic acids is 2. The number of methoxy groups -OCH3 is 1. The molecule has 1 saturated heterocycles. The van der Waals surface area contributed by atoms with E-state index in [1.807, 2.05) is 18.2 Å². The van der Waals surface area contributed by atoms with Gasteiger partial charge in [-0.1, -0.05) is 87.8 Å². The smallest absolute Gasteiger partial charge is 0.258 e. The van der Waals surface area contributed by atoms with Crippen molar-refractivity contribution >= 4 is 23.6 Å². The number of allylic oxidation sites excluding steroid dienone is 1. The van der Waals surface area contributed by atoms with Crippen LogP contribution in [0.3, 0.4) is 0 Å². The highest BCUT2D eigenvalue weighted by Gasteiger charge is 2.61. The zero-order valence-electron chi connectivity index (χ0n) is 51.7. The third-order valence-corrected chi connectivity index (χ3v) is 22.9. The number of rotatable bonds is 18. The van der Waals surface area contributed by atoms with Crippen molar-refractivity contribution in [2.45, 2.75) is 189 Å². The molecule has 0 aromatic heterocycles. The summed E-state index contributed by atoms with van der Waals surface area (Å²) in [7, 11) is 3.29. The number of nitrogens with one attached hydrogen (secondary N) is 4. The van der Waals surface area contributed by atoms with Crippen molar-refractivity contribution in [2.75, 3.05) is 59.0 Å². The summed E-state index contributed by atoms with van der Waals surface area (Å²) in [5.74, 6) is 0.598. The van der Waals surface area contributed by atoms with E-state index < -0.39 is 40.8 Å². The molecule has 6 aliphatic carbocycles. The fraction of sp³-hybridized carbons (Fsp3) is 0.583. The lowest BCUT2D eigenvalue weighted by atomic mass is 9.47. The maximum atomic E-state index is 14.4. The number of anilines is 1. The van der Waals surface area contributed by atoms with Crippen molar-refractivity contribution < 1.29 is 53.7 Å². The van der Waals surface area contributed by atoms with Gasteiger partial charge in [-0.05, 0) is 137 Å². The van der Waals surface area contributed by atoms with Crippen molar-refractivity contribution in [1.29, 1.82) is 0 Å². The molecule has 0 radical (unpaired) electrons. The van der Waals surface area contributed by atoms with Crippen molar-refractivity contribution in [3.8, 4) is 45.6 Å². The molecule has 88 heavy (non-hydrogen) atoms. The first-order chi connectivity index (χ1) is 42.9. The van der Waals surface area contributed by atoms with Gasteiger partial charge in [0.1, 0.15) is 23.9 Å². The number of imide groups is 1. The van der Waals surface area contributed by atoms with Gasteiger partial charge in [-0.3, -0.25) is 19.8 Å². The summed E-state index contributed by atoms with van der Waals surface area (Å²) < 4.78 is 33.8. The zero-order chi connectivity index (χ0) is 60.5. The van der Waals surface area contributed by atoms with Gasteiger partial charge in [0.2, 0.25) is 5.75 Å². The van der Waals surface area contributed by atoms with Crippen molar-refractivity contribution in [2.24, 2.45) is 23.7 Å². The second kappa shape index (κ2) is 24.2. The van der Waals surface area contributed by atoms with Gasteiger partial charge in [0, 0.05) is 106 Å². The lowest BCUT2D eigenvalue weighted by Gasteiger charge is -2.60. The Morgan fingerprint density at radius 2 is 1.60 bits per heavy atom. The van der Waals surface area contributed by atoms with Gasteiger partial charge in [-0.2, -0.15) is 0 Å². The quantitative estimate of drug-likeness (QED) is 0.0344. The van der Waals surface area contributed by atoms with Crippen LogP contribution in [0.5, 0.6) is 34.5 Å². The van der Waals surface area contributed by atoms with Crippen LogP contribution < -0.4 is 45.0 Å². The van der Waals surface area contributed by atoms with Crippen molar-refractivity contribution in [3.05, 3.63) is 105 Å². The third-order valence-electron chi connectivity index (χ3n) is 22.9. The van der Waals surface area contributed by atoms with E-state index in [4.69, 9.17) is 23.7 Å². The second-order valence-electron chi connectivity index (χ2n) is 27.5. The highest BCUT2D eigenvalue weighted by molar-refractivity contribution is 6.17. The van der Waals surface area contributed by atoms with Crippen LogP contribution in [-0.2, 0) is 27.8 Å². The summed E-state index contributed by atoms with van der Waals surface area (Å²) >= 11 is 0. The number of aliphatic hydroxyl groups excluding tert-OH is 3. The number of benzene rings is 4. The van der Waals surface area contributed by atoms with E-state index in [0.717, 1.165) is 135 Å². The first-order valence-electron chi connectivity index (χ1n) is 33.5. The number of nitrogens with zero attached hydrogens (tertiary/aromatic N) is 1. The van der Waals surface area contributed by atoms with Crippen LogP contribution in [0, 0.1) is 23.7 Å². The molecule has 2 amide bonds. The van der Waals surface area contributed by atoms with Gasteiger partial charge in [0.05, 0.1) is 44.1 Å². The molecule has 0 bridgehead atoms. The molecule has 5 fully saturated rings. The maximum Gasteiger partial charge on any atom is 0.258 e. The number of hydrogen-bond donors (Lipinski definition) is 8. The van der Waals surface area contributed by atoms with Gasteiger partial charge in [-0.25, -0.2) is 0 Å². The molecule has 16 nitrogen and oxygen atoms in total. The molecule has 16 heteroatoms. The molecule has 8 N–H and O–H groups in total. The molecule has 0 spiro atoms. The predicted octanol–water partition coefficient (Wildman–Crippen LogP) is 10.7. The summed E-state index contributed by atoms with van der Waals surface area (Å²) in [6.07, 6.45) is 24.3. The number of phenols is 1.